The number of carboxylic acids is 2. The third kappa shape index (κ3) is 4.41. The molecule has 0 atom stereocenters. The average molecular weight is 430 g/mol. The molecule has 0 radical (unpaired) electrons. The first kappa shape index (κ1) is 20.9. The third-order valence-electron chi connectivity index (χ3n) is 3.98. The van der Waals surface area contributed by atoms with E-state index in [4.69, 9.17) is 9.52 Å². The van der Waals surface area contributed by atoms with Crippen molar-refractivity contribution in [3.63, 3.8) is 0 Å². The van der Waals surface area contributed by atoms with Crippen molar-refractivity contribution < 1.29 is 38.6 Å². The standard InChI is InChI=1S/C19H14N2O8S/c1-9-2-4-11(29-9)7-14-16(23)21(19(28)30-14)8-15(22)20-13-6-10(17(24)25)3-5-12(13)18(26)27/h2-7H,8H2,1H3,(H,20,22)(H,24,25)(H,26,27)/b14-7-. The molecule has 3 rings (SSSR count). The van der Waals surface area contributed by atoms with Gasteiger partial charge in [0.05, 0.1) is 21.7 Å². The molecule has 0 aliphatic carbocycles. The fraction of sp³-hybridized carbons (Fsp3) is 0.105. The SMILES string of the molecule is Cc1ccc(/C=C2\SC(=O)N(CC(=O)Nc3cc(C(=O)O)ccc3C(=O)O)C2=O)o1. The number of nitrogens with zero attached hydrogens (tertiary/aromatic N) is 1. The van der Waals surface area contributed by atoms with Gasteiger partial charge in [0, 0.05) is 6.08 Å². The number of aryl methyl sites for hydroxylation is 1. The van der Waals surface area contributed by atoms with Crippen LogP contribution in [0.15, 0.2) is 39.7 Å². The van der Waals surface area contributed by atoms with Crippen LogP contribution in [-0.4, -0.2) is 50.6 Å². The first-order valence-corrected chi connectivity index (χ1v) is 9.19. The summed E-state index contributed by atoms with van der Waals surface area (Å²) < 4.78 is 5.34. The predicted molar refractivity (Wildman–Crippen MR) is 105 cm³/mol. The lowest BCUT2D eigenvalue weighted by atomic mass is 10.1. The van der Waals surface area contributed by atoms with Gasteiger partial charge in [-0.1, -0.05) is 0 Å². The highest BCUT2D eigenvalue weighted by atomic mass is 32.2. The van der Waals surface area contributed by atoms with Crippen LogP contribution in [0, 0.1) is 6.92 Å². The Hall–Kier alpha value is -3.86. The molecular formula is C19H14N2O8S. The number of hydrogen-bond donors (Lipinski definition) is 3. The number of aromatic carboxylic acids is 2. The number of amides is 3. The van der Waals surface area contributed by atoms with Gasteiger partial charge in [-0.25, -0.2) is 9.59 Å². The van der Waals surface area contributed by atoms with Crippen LogP contribution in [-0.2, 0) is 9.59 Å². The lowest BCUT2D eigenvalue weighted by molar-refractivity contribution is -0.127. The zero-order valence-electron chi connectivity index (χ0n) is 15.4. The molecule has 10 nitrogen and oxygen atoms in total. The Labute approximate surface area is 173 Å². The van der Waals surface area contributed by atoms with Crippen molar-refractivity contribution in [1.29, 1.82) is 0 Å². The number of thioether (sulfide) groups is 1. The van der Waals surface area contributed by atoms with Gasteiger partial charge in [-0.05, 0) is 49.0 Å². The minimum absolute atomic E-state index is 0.0706. The summed E-state index contributed by atoms with van der Waals surface area (Å²) in [5, 5.41) is 19.8. The van der Waals surface area contributed by atoms with Crippen molar-refractivity contribution in [1.82, 2.24) is 4.90 Å². The van der Waals surface area contributed by atoms with Gasteiger partial charge < -0.3 is 19.9 Å². The topological polar surface area (TPSA) is 154 Å². The second-order valence-corrected chi connectivity index (χ2v) is 7.13. The molecule has 0 saturated carbocycles. The van der Waals surface area contributed by atoms with Crippen LogP contribution in [0.2, 0.25) is 0 Å². The number of anilines is 1. The van der Waals surface area contributed by atoms with E-state index in [0.29, 0.717) is 28.2 Å². The number of hydrogen-bond acceptors (Lipinski definition) is 7. The van der Waals surface area contributed by atoms with Crippen molar-refractivity contribution in [3.05, 3.63) is 57.9 Å². The van der Waals surface area contributed by atoms with Crippen LogP contribution in [0.4, 0.5) is 10.5 Å². The van der Waals surface area contributed by atoms with Crippen molar-refractivity contribution in [2.45, 2.75) is 6.92 Å². The number of carbonyl (C=O) groups excluding carboxylic acids is 3. The van der Waals surface area contributed by atoms with Crippen LogP contribution >= 0.6 is 11.8 Å². The average Bonchev–Trinajstić information content (AvgIpc) is 3.19. The van der Waals surface area contributed by atoms with Crippen molar-refractivity contribution in [2.75, 3.05) is 11.9 Å². The Balaban J connectivity index is 1.76. The number of imide groups is 1. The summed E-state index contributed by atoms with van der Waals surface area (Å²) in [6.45, 7) is 1.05. The van der Waals surface area contributed by atoms with E-state index < -0.39 is 35.5 Å². The minimum atomic E-state index is -1.38. The largest absolute Gasteiger partial charge is 0.478 e. The number of rotatable bonds is 6. The molecule has 3 amide bonds. The molecule has 30 heavy (non-hydrogen) atoms. The van der Waals surface area contributed by atoms with Gasteiger partial charge in [0.2, 0.25) is 5.91 Å². The Morgan fingerprint density at radius 1 is 1.13 bits per heavy atom. The highest BCUT2D eigenvalue weighted by molar-refractivity contribution is 8.18. The molecule has 1 fully saturated rings. The van der Waals surface area contributed by atoms with Gasteiger partial charge in [0.25, 0.3) is 11.1 Å². The maximum absolute atomic E-state index is 12.5. The van der Waals surface area contributed by atoms with Crippen molar-refractivity contribution >= 4 is 52.5 Å². The molecule has 1 aromatic carbocycles. The van der Waals surface area contributed by atoms with Crippen LogP contribution in [0.25, 0.3) is 6.08 Å². The van der Waals surface area contributed by atoms with E-state index in [2.05, 4.69) is 5.32 Å². The maximum Gasteiger partial charge on any atom is 0.337 e. The molecular weight excluding hydrogens is 416 g/mol. The predicted octanol–water partition coefficient (Wildman–Crippen LogP) is 2.66. The number of carboxylic acid groups (broad SMARTS) is 2. The van der Waals surface area contributed by atoms with Gasteiger partial charge in [-0.2, -0.15) is 0 Å². The summed E-state index contributed by atoms with van der Waals surface area (Å²) in [4.78, 5) is 60.1. The Morgan fingerprint density at radius 2 is 1.87 bits per heavy atom. The van der Waals surface area contributed by atoms with Crippen LogP contribution in [0.3, 0.4) is 0 Å². The van der Waals surface area contributed by atoms with Gasteiger partial charge in [-0.15, -0.1) is 0 Å². The lowest BCUT2D eigenvalue weighted by Crippen LogP contribution is -2.36. The molecule has 1 saturated heterocycles. The number of carbonyl (C=O) groups is 5. The second kappa shape index (κ2) is 8.25. The molecule has 1 aliphatic rings. The summed E-state index contributed by atoms with van der Waals surface area (Å²) in [5.41, 5.74) is -0.838. The molecule has 11 heteroatoms. The van der Waals surface area contributed by atoms with Crippen LogP contribution in [0.1, 0.15) is 32.2 Å². The van der Waals surface area contributed by atoms with E-state index in [-0.39, 0.29) is 21.7 Å². The summed E-state index contributed by atoms with van der Waals surface area (Å²) in [6.07, 6.45) is 1.38. The highest BCUT2D eigenvalue weighted by Gasteiger charge is 2.36. The van der Waals surface area contributed by atoms with Gasteiger partial charge in [0.1, 0.15) is 18.1 Å². The van der Waals surface area contributed by atoms with Crippen LogP contribution in [0.5, 0.6) is 0 Å². The van der Waals surface area contributed by atoms with Crippen LogP contribution < -0.4 is 5.32 Å². The second-order valence-electron chi connectivity index (χ2n) is 6.14. The zero-order chi connectivity index (χ0) is 22.0. The van der Waals surface area contributed by atoms with E-state index >= 15 is 0 Å². The van der Waals surface area contributed by atoms with Gasteiger partial charge in [-0.3, -0.25) is 19.3 Å². The van der Waals surface area contributed by atoms with Gasteiger partial charge >= 0.3 is 11.9 Å². The van der Waals surface area contributed by atoms with Crippen molar-refractivity contribution in [3.8, 4) is 0 Å². The molecule has 1 aromatic heterocycles. The first-order chi connectivity index (χ1) is 14.2. The van der Waals surface area contributed by atoms with Gasteiger partial charge in [0.15, 0.2) is 0 Å². The van der Waals surface area contributed by atoms with E-state index in [1.165, 1.54) is 6.08 Å². The van der Waals surface area contributed by atoms with E-state index in [9.17, 15) is 29.1 Å². The fourth-order valence-electron chi connectivity index (χ4n) is 2.60. The van der Waals surface area contributed by atoms with E-state index in [1.807, 2.05) is 0 Å². The Morgan fingerprint density at radius 3 is 2.47 bits per heavy atom. The summed E-state index contributed by atoms with van der Waals surface area (Å²) in [7, 11) is 0. The highest BCUT2D eigenvalue weighted by Crippen LogP contribution is 2.32. The molecule has 0 bridgehead atoms. The normalized spacial score (nSPS) is 15.0. The summed E-state index contributed by atoms with van der Waals surface area (Å²) >= 11 is 0.635. The molecule has 1 aliphatic heterocycles. The number of furan rings is 1. The number of benzene rings is 1. The quantitative estimate of drug-likeness (QED) is 0.587. The first-order valence-electron chi connectivity index (χ1n) is 8.38. The molecule has 2 aromatic rings. The monoisotopic (exact) mass is 430 g/mol. The minimum Gasteiger partial charge on any atom is -0.478 e. The zero-order valence-corrected chi connectivity index (χ0v) is 16.2. The maximum atomic E-state index is 12.5. The van der Waals surface area contributed by atoms with E-state index in [1.54, 1.807) is 19.1 Å². The van der Waals surface area contributed by atoms with Crippen molar-refractivity contribution in [2.24, 2.45) is 0 Å². The smallest absolute Gasteiger partial charge is 0.337 e. The Bertz CT molecular complexity index is 1120. The Kier molecular flexibility index (Phi) is 5.74. The van der Waals surface area contributed by atoms with E-state index in [0.717, 1.165) is 18.2 Å². The molecule has 3 N–H and O–H groups in total. The number of nitrogens with one attached hydrogen (secondary N) is 1. The summed E-state index contributed by atoms with van der Waals surface area (Å²) in [6, 6.07) is 6.42. The molecule has 0 unspecified atom stereocenters. The summed E-state index contributed by atoms with van der Waals surface area (Å²) in [5.74, 6) is -3.27. The molecule has 154 valence electrons. The lowest BCUT2D eigenvalue weighted by Gasteiger charge is -2.14. The third-order valence-corrected chi connectivity index (χ3v) is 4.89. The molecule has 0 spiro atoms. The molecule has 2 heterocycles. The fourth-order valence-corrected chi connectivity index (χ4v) is 3.42.